The summed E-state index contributed by atoms with van der Waals surface area (Å²) < 4.78 is 28.3. The third kappa shape index (κ3) is 8.07. The Kier molecular flexibility index (Phi) is 7.75. The van der Waals surface area contributed by atoms with E-state index in [1.807, 2.05) is 0 Å². The van der Waals surface area contributed by atoms with Crippen molar-refractivity contribution < 1.29 is 13.2 Å². The van der Waals surface area contributed by atoms with Crippen molar-refractivity contribution in [1.82, 2.24) is 5.32 Å². The van der Waals surface area contributed by atoms with Crippen LogP contribution in [0.4, 0.5) is 0 Å². The molecule has 0 aliphatic rings. The van der Waals surface area contributed by atoms with Crippen molar-refractivity contribution >= 4 is 9.84 Å². The molecule has 0 aliphatic carbocycles. The van der Waals surface area contributed by atoms with Gasteiger partial charge in [0.1, 0.15) is 5.75 Å². The normalized spacial score (nSPS) is 11.8. The van der Waals surface area contributed by atoms with Crippen LogP contribution in [-0.4, -0.2) is 33.9 Å². The van der Waals surface area contributed by atoms with Gasteiger partial charge in [-0.3, -0.25) is 0 Å². The minimum atomic E-state index is -3.13. The van der Waals surface area contributed by atoms with Gasteiger partial charge in [0.15, 0.2) is 9.84 Å². The highest BCUT2D eigenvalue weighted by molar-refractivity contribution is 7.90. The zero-order valence-corrected chi connectivity index (χ0v) is 14.1. The van der Waals surface area contributed by atoms with E-state index in [0.717, 1.165) is 25.1 Å². The van der Waals surface area contributed by atoms with Crippen molar-refractivity contribution in [3.05, 3.63) is 24.3 Å². The van der Waals surface area contributed by atoms with Gasteiger partial charge in [0.05, 0.1) is 11.5 Å². The standard InChI is InChI=1S/C16H27NO3S/c1-14(2)17-12-6-4-5-7-13-20-15-8-10-16(11-9-15)21(3,18)19/h8-11,14,17H,4-7,12-13H2,1-3H3. The molecule has 0 saturated heterocycles. The molecule has 120 valence electrons. The van der Waals surface area contributed by atoms with Crippen LogP contribution in [-0.2, 0) is 9.84 Å². The molecule has 0 atom stereocenters. The summed E-state index contributed by atoms with van der Waals surface area (Å²) in [7, 11) is -3.13. The molecule has 5 heteroatoms. The molecule has 0 aliphatic heterocycles. The lowest BCUT2D eigenvalue weighted by atomic mass is 10.2. The van der Waals surface area contributed by atoms with Crippen molar-refractivity contribution in [2.45, 2.75) is 50.5 Å². The molecule has 0 spiro atoms. The van der Waals surface area contributed by atoms with Crippen LogP contribution in [0.2, 0.25) is 0 Å². The molecule has 0 aromatic heterocycles. The smallest absolute Gasteiger partial charge is 0.175 e. The Bertz CT molecular complexity index is 495. The van der Waals surface area contributed by atoms with Gasteiger partial charge < -0.3 is 10.1 Å². The van der Waals surface area contributed by atoms with Crippen molar-refractivity contribution in [3.8, 4) is 5.75 Å². The van der Waals surface area contributed by atoms with E-state index in [4.69, 9.17) is 4.74 Å². The molecule has 0 heterocycles. The van der Waals surface area contributed by atoms with Crippen LogP contribution in [0.15, 0.2) is 29.2 Å². The van der Waals surface area contributed by atoms with Gasteiger partial charge in [0.2, 0.25) is 0 Å². The van der Waals surface area contributed by atoms with E-state index in [1.54, 1.807) is 24.3 Å². The second-order valence-corrected chi connectivity index (χ2v) is 7.63. The van der Waals surface area contributed by atoms with E-state index in [1.165, 1.54) is 19.1 Å². The van der Waals surface area contributed by atoms with E-state index in [9.17, 15) is 8.42 Å². The molecule has 1 aromatic rings. The SMILES string of the molecule is CC(C)NCCCCCCOc1ccc(S(C)(=O)=O)cc1. The lowest BCUT2D eigenvalue weighted by Crippen LogP contribution is -2.23. The summed E-state index contributed by atoms with van der Waals surface area (Å²) in [5, 5.41) is 3.40. The number of benzene rings is 1. The molecule has 1 aromatic carbocycles. The zero-order chi connectivity index (χ0) is 15.7. The van der Waals surface area contributed by atoms with Crippen molar-refractivity contribution in [2.24, 2.45) is 0 Å². The predicted molar refractivity (Wildman–Crippen MR) is 86.7 cm³/mol. The molecule has 0 bridgehead atoms. The van der Waals surface area contributed by atoms with Crippen LogP contribution in [0.5, 0.6) is 5.75 Å². The van der Waals surface area contributed by atoms with Gasteiger partial charge in [-0.2, -0.15) is 0 Å². The van der Waals surface area contributed by atoms with Crippen LogP contribution < -0.4 is 10.1 Å². The first-order chi connectivity index (χ1) is 9.89. The number of rotatable bonds is 10. The maximum absolute atomic E-state index is 11.3. The molecule has 0 amide bonds. The fourth-order valence-corrected chi connectivity index (χ4v) is 2.57. The molecular formula is C16H27NO3S. The summed E-state index contributed by atoms with van der Waals surface area (Å²) >= 11 is 0. The third-order valence-corrected chi connectivity index (χ3v) is 4.27. The molecule has 0 radical (unpaired) electrons. The number of nitrogens with one attached hydrogen (secondary N) is 1. The van der Waals surface area contributed by atoms with E-state index < -0.39 is 9.84 Å². The summed E-state index contributed by atoms with van der Waals surface area (Å²) in [6, 6.07) is 7.15. The number of unbranched alkanes of at least 4 members (excludes halogenated alkanes) is 3. The Hall–Kier alpha value is -1.07. The fraction of sp³-hybridized carbons (Fsp3) is 0.625. The second-order valence-electron chi connectivity index (χ2n) is 5.62. The molecule has 0 fully saturated rings. The third-order valence-electron chi connectivity index (χ3n) is 3.14. The summed E-state index contributed by atoms with van der Waals surface area (Å²) in [5.74, 6) is 0.726. The fourth-order valence-electron chi connectivity index (χ4n) is 1.94. The minimum Gasteiger partial charge on any atom is -0.494 e. The molecule has 21 heavy (non-hydrogen) atoms. The zero-order valence-electron chi connectivity index (χ0n) is 13.3. The highest BCUT2D eigenvalue weighted by Gasteiger charge is 2.06. The van der Waals surface area contributed by atoms with Gasteiger partial charge in [-0.05, 0) is 43.7 Å². The van der Waals surface area contributed by atoms with Crippen LogP contribution >= 0.6 is 0 Å². The lowest BCUT2D eigenvalue weighted by Gasteiger charge is -2.08. The van der Waals surface area contributed by atoms with Crippen LogP contribution in [0, 0.1) is 0 Å². The molecular weight excluding hydrogens is 286 g/mol. The first kappa shape index (κ1) is 18.0. The first-order valence-corrected chi connectivity index (χ1v) is 9.45. The van der Waals surface area contributed by atoms with Crippen LogP contribution in [0.1, 0.15) is 39.5 Å². The van der Waals surface area contributed by atoms with Gasteiger partial charge >= 0.3 is 0 Å². The maximum Gasteiger partial charge on any atom is 0.175 e. The van der Waals surface area contributed by atoms with Gasteiger partial charge in [0.25, 0.3) is 0 Å². The molecule has 0 unspecified atom stereocenters. The Morgan fingerprint density at radius 2 is 1.67 bits per heavy atom. The Morgan fingerprint density at radius 1 is 1.05 bits per heavy atom. The quantitative estimate of drug-likeness (QED) is 0.675. The predicted octanol–water partition coefficient (Wildman–Crippen LogP) is 3.03. The Labute approximate surface area is 128 Å². The minimum absolute atomic E-state index is 0.326. The Morgan fingerprint density at radius 3 is 2.24 bits per heavy atom. The van der Waals surface area contributed by atoms with Gasteiger partial charge in [-0.1, -0.05) is 26.7 Å². The number of hydrogen-bond donors (Lipinski definition) is 1. The highest BCUT2D eigenvalue weighted by atomic mass is 32.2. The monoisotopic (exact) mass is 313 g/mol. The molecule has 4 nitrogen and oxygen atoms in total. The van der Waals surface area contributed by atoms with Gasteiger partial charge in [-0.15, -0.1) is 0 Å². The van der Waals surface area contributed by atoms with Crippen LogP contribution in [0.3, 0.4) is 0 Å². The van der Waals surface area contributed by atoms with E-state index >= 15 is 0 Å². The number of ether oxygens (including phenoxy) is 1. The molecule has 1 N–H and O–H groups in total. The first-order valence-electron chi connectivity index (χ1n) is 7.56. The summed E-state index contributed by atoms with van der Waals surface area (Å²) in [4.78, 5) is 0.326. The topological polar surface area (TPSA) is 55.4 Å². The van der Waals surface area contributed by atoms with Gasteiger partial charge in [-0.25, -0.2) is 8.42 Å². The summed E-state index contributed by atoms with van der Waals surface area (Å²) in [6.45, 7) is 6.06. The van der Waals surface area contributed by atoms with Crippen LogP contribution in [0.25, 0.3) is 0 Å². The Balaban J connectivity index is 2.13. The average molecular weight is 313 g/mol. The van der Waals surface area contributed by atoms with Gasteiger partial charge in [0, 0.05) is 12.3 Å². The summed E-state index contributed by atoms with van der Waals surface area (Å²) in [5.41, 5.74) is 0. The largest absolute Gasteiger partial charge is 0.494 e. The van der Waals surface area contributed by atoms with Crippen molar-refractivity contribution in [2.75, 3.05) is 19.4 Å². The van der Waals surface area contributed by atoms with Crippen molar-refractivity contribution in [3.63, 3.8) is 0 Å². The van der Waals surface area contributed by atoms with Crippen molar-refractivity contribution in [1.29, 1.82) is 0 Å². The molecule has 0 saturated carbocycles. The van der Waals surface area contributed by atoms with E-state index in [2.05, 4.69) is 19.2 Å². The molecule has 1 rings (SSSR count). The number of hydrogen-bond acceptors (Lipinski definition) is 4. The van der Waals surface area contributed by atoms with E-state index in [0.29, 0.717) is 17.5 Å². The lowest BCUT2D eigenvalue weighted by molar-refractivity contribution is 0.304. The maximum atomic E-state index is 11.3. The van der Waals surface area contributed by atoms with E-state index in [-0.39, 0.29) is 0 Å². The summed E-state index contributed by atoms with van der Waals surface area (Å²) in [6.07, 6.45) is 5.78. The second kappa shape index (κ2) is 9.05. The number of sulfone groups is 1. The average Bonchev–Trinajstić information content (AvgIpc) is 2.41. The highest BCUT2D eigenvalue weighted by Crippen LogP contribution is 2.16.